The molecule has 1 aliphatic heterocycles. The Bertz CT molecular complexity index is 1170. The maximum absolute atomic E-state index is 13.4. The fraction of sp³-hybridized carbons (Fsp3) is 0.375. The largest absolute Gasteiger partial charge is 0.508 e. The molecule has 3 N–H and O–H groups in total. The maximum atomic E-state index is 13.4. The Morgan fingerprint density at radius 1 is 1.10 bits per heavy atom. The Hall–Kier alpha value is -2.99. The van der Waals surface area contributed by atoms with Crippen molar-refractivity contribution in [3.8, 4) is 23.0 Å². The zero-order valence-corrected chi connectivity index (χ0v) is 16.8. The average molecular weight is 405 g/mol. The number of ketones is 1. The smallest absolute Gasteiger partial charge is 0.163 e. The van der Waals surface area contributed by atoms with Gasteiger partial charge in [0.2, 0.25) is 0 Å². The molecular formula is C24H23NO5. The standard InChI is InChI=1S/C24H23NO5/c1-25-10-9-24-19-12(3-6-16(30-2)22(19)29)11-17(25)23(24)8-7-15(28)21(24)18-13(26)4-5-14(27)20(18)23/h3-8,17,21,26-27,29H,9-11H2,1-2H3/t17-,21+,23+,24+/m1/s1. The molecule has 1 heterocycles. The number of rotatable bonds is 1. The number of allylic oxidation sites excluding steroid dienone is 1. The molecule has 4 atom stereocenters. The molecule has 3 aliphatic carbocycles. The average Bonchev–Trinajstić information content (AvgIpc) is 2.94. The van der Waals surface area contributed by atoms with Gasteiger partial charge < -0.3 is 25.0 Å². The number of phenols is 3. The van der Waals surface area contributed by atoms with Gasteiger partial charge in [-0.15, -0.1) is 0 Å². The van der Waals surface area contributed by atoms with Gasteiger partial charge in [-0.3, -0.25) is 4.79 Å². The van der Waals surface area contributed by atoms with Crippen LogP contribution in [0.2, 0.25) is 0 Å². The van der Waals surface area contributed by atoms with Crippen molar-refractivity contribution in [2.75, 3.05) is 20.7 Å². The van der Waals surface area contributed by atoms with Gasteiger partial charge in [0.15, 0.2) is 17.3 Å². The quantitative estimate of drug-likeness (QED) is 0.632. The second kappa shape index (κ2) is 5.38. The number of methoxy groups -OCH3 is 1. The lowest BCUT2D eigenvalue weighted by atomic mass is 9.44. The predicted molar refractivity (Wildman–Crippen MR) is 109 cm³/mol. The summed E-state index contributed by atoms with van der Waals surface area (Å²) in [4.78, 5) is 15.7. The first-order chi connectivity index (χ1) is 14.4. The summed E-state index contributed by atoms with van der Waals surface area (Å²) in [5.41, 5.74) is 1.32. The molecule has 6 rings (SSSR count). The van der Waals surface area contributed by atoms with Crippen LogP contribution in [0.15, 0.2) is 36.4 Å². The van der Waals surface area contributed by atoms with Gasteiger partial charge in [0.25, 0.3) is 0 Å². The number of aromatic hydroxyl groups is 3. The van der Waals surface area contributed by atoms with Gasteiger partial charge >= 0.3 is 0 Å². The number of likely N-dealkylation sites (N-methyl/N-ethyl adjacent to an activating group) is 1. The van der Waals surface area contributed by atoms with E-state index in [0.29, 0.717) is 29.7 Å². The SMILES string of the molecule is COc1ccc2c(c1O)[C@]13CCN(C)[C@H](C2)[C@]12C=CC(=O)[C@H]3c1c(O)ccc(O)c12. The van der Waals surface area contributed by atoms with Crippen LogP contribution in [0, 0.1) is 0 Å². The van der Waals surface area contributed by atoms with Gasteiger partial charge in [-0.05, 0) is 56.3 Å². The summed E-state index contributed by atoms with van der Waals surface area (Å²) in [5, 5.41) is 33.2. The zero-order chi connectivity index (χ0) is 21.0. The second-order valence-electron chi connectivity index (χ2n) is 9.00. The van der Waals surface area contributed by atoms with Crippen molar-refractivity contribution >= 4 is 5.78 Å². The first-order valence-electron chi connectivity index (χ1n) is 10.3. The number of likely N-dealkylation sites (tertiary alicyclic amines) is 1. The third-order valence-electron chi connectivity index (χ3n) is 8.15. The number of hydrogen-bond acceptors (Lipinski definition) is 6. The molecule has 0 spiro atoms. The zero-order valence-electron chi connectivity index (χ0n) is 16.8. The third-order valence-corrected chi connectivity index (χ3v) is 8.15. The summed E-state index contributed by atoms with van der Waals surface area (Å²) in [6, 6.07) is 6.69. The fourth-order valence-corrected chi connectivity index (χ4v) is 7.19. The van der Waals surface area contributed by atoms with E-state index in [1.165, 1.54) is 19.2 Å². The van der Waals surface area contributed by atoms with Crippen molar-refractivity contribution in [2.24, 2.45) is 0 Å². The van der Waals surface area contributed by atoms with E-state index < -0.39 is 16.7 Å². The van der Waals surface area contributed by atoms with E-state index >= 15 is 0 Å². The van der Waals surface area contributed by atoms with Crippen LogP contribution >= 0.6 is 0 Å². The molecule has 1 saturated heterocycles. The van der Waals surface area contributed by atoms with Crippen LogP contribution in [0.25, 0.3) is 0 Å². The summed E-state index contributed by atoms with van der Waals surface area (Å²) in [6.45, 7) is 0.746. The van der Waals surface area contributed by atoms with Crippen molar-refractivity contribution in [1.29, 1.82) is 0 Å². The minimum absolute atomic E-state index is 0.0187. The highest BCUT2D eigenvalue weighted by molar-refractivity contribution is 6.03. The minimum Gasteiger partial charge on any atom is -0.508 e. The van der Waals surface area contributed by atoms with Crippen LogP contribution in [0.3, 0.4) is 0 Å². The summed E-state index contributed by atoms with van der Waals surface area (Å²) in [5.74, 6) is -0.247. The molecule has 0 unspecified atom stereocenters. The highest BCUT2D eigenvalue weighted by atomic mass is 16.5. The van der Waals surface area contributed by atoms with Crippen molar-refractivity contribution in [2.45, 2.75) is 35.6 Å². The third kappa shape index (κ3) is 1.63. The number of ether oxygens (including phenoxy) is 1. The van der Waals surface area contributed by atoms with Crippen molar-refractivity contribution in [1.82, 2.24) is 4.90 Å². The summed E-state index contributed by atoms with van der Waals surface area (Å²) in [6.07, 6.45) is 4.81. The van der Waals surface area contributed by atoms with Crippen molar-refractivity contribution in [3.05, 3.63) is 58.7 Å². The Balaban J connectivity index is 1.83. The number of carbonyl (C=O) groups excluding carboxylic acids is 1. The predicted octanol–water partition coefficient (Wildman–Crippen LogP) is 2.48. The van der Waals surface area contributed by atoms with Crippen LogP contribution in [0.1, 0.15) is 34.6 Å². The maximum Gasteiger partial charge on any atom is 0.163 e. The molecule has 4 aliphatic rings. The van der Waals surface area contributed by atoms with Crippen LogP contribution in [-0.4, -0.2) is 52.7 Å². The molecule has 6 heteroatoms. The Labute approximate surface area is 174 Å². The van der Waals surface area contributed by atoms with Crippen molar-refractivity contribution in [3.63, 3.8) is 0 Å². The molecule has 0 radical (unpaired) electrons. The lowest BCUT2D eigenvalue weighted by Gasteiger charge is -2.62. The van der Waals surface area contributed by atoms with E-state index in [9.17, 15) is 20.1 Å². The molecule has 4 bridgehead atoms. The molecule has 30 heavy (non-hydrogen) atoms. The lowest BCUT2D eigenvalue weighted by molar-refractivity contribution is -0.120. The van der Waals surface area contributed by atoms with Gasteiger partial charge in [0, 0.05) is 33.6 Å². The van der Waals surface area contributed by atoms with Gasteiger partial charge in [-0.2, -0.15) is 0 Å². The highest BCUT2D eigenvalue weighted by Gasteiger charge is 2.74. The van der Waals surface area contributed by atoms with E-state index in [4.69, 9.17) is 4.74 Å². The number of nitrogens with zero attached hydrogens (tertiary/aromatic N) is 1. The Kier molecular flexibility index (Phi) is 3.20. The highest BCUT2D eigenvalue weighted by Crippen LogP contribution is 2.74. The van der Waals surface area contributed by atoms with Crippen LogP contribution in [-0.2, 0) is 22.0 Å². The topological polar surface area (TPSA) is 90.2 Å². The van der Waals surface area contributed by atoms with Crippen LogP contribution in [0.4, 0.5) is 0 Å². The molecule has 6 nitrogen and oxygen atoms in total. The van der Waals surface area contributed by atoms with E-state index in [2.05, 4.69) is 11.9 Å². The van der Waals surface area contributed by atoms with E-state index in [-0.39, 0.29) is 29.1 Å². The molecule has 2 aromatic rings. The monoisotopic (exact) mass is 405 g/mol. The molecule has 2 aromatic carbocycles. The van der Waals surface area contributed by atoms with E-state index in [1.54, 1.807) is 12.1 Å². The molecule has 0 aromatic heterocycles. The van der Waals surface area contributed by atoms with Crippen LogP contribution in [0.5, 0.6) is 23.0 Å². The summed E-state index contributed by atoms with van der Waals surface area (Å²) in [7, 11) is 3.58. The first-order valence-corrected chi connectivity index (χ1v) is 10.3. The van der Waals surface area contributed by atoms with Gasteiger partial charge in [-0.25, -0.2) is 0 Å². The molecule has 0 saturated carbocycles. The lowest BCUT2D eigenvalue weighted by Crippen LogP contribution is -2.68. The first kappa shape index (κ1) is 17.8. The van der Waals surface area contributed by atoms with Gasteiger partial charge in [0.1, 0.15) is 11.5 Å². The number of phenolic OH excluding ortho intramolecular Hbond substituents is 3. The number of fused-ring (bicyclic) bond motifs is 3. The number of piperidine rings is 1. The molecule has 0 amide bonds. The van der Waals surface area contributed by atoms with E-state index in [1.807, 2.05) is 12.1 Å². The Morgan fingerprint density at radius 2 is 1.87 bits per heavy atom. The van der Waals surface area contributed by atoms with E-state index in [0.717, 1.165) is 17.7 Å². The van der Waals surface area contributed by atoms with Crippen molar-refractivity contribution < 1.29 is 24.9 Å². The van der Waals surface area contributed by atoms with Crippen LogP contribution < -0.4 is 4.74 Å². The number of hydrogen-bond donors (Lipinski definition) is 3. The number of carbonyl (C=O) groups is 1. The molecule has 154 valence electrons. The minimum atomic E-state index is -0.791. The number of benzene rings is 2. The summed E-state index contributed by atoms with van der Waals surface area (Å²) < 4.78 is 5.42. The summed E-state index contributed by atoms with van der Waals surface area (Å²) >= 11 is 0. The Morgan fingerprint density at radius 3 is 2.63 bits per heavy atom. The van der Waals surface area contributed by atoms with Gasteiger partial charge in [0.05, 0.1) is 13.0 Å². The second-order valence-corrected chi connectivity index (χ2v) is 9.00. The molecule has 1 fully saturated rings. The fourth-order valence-electron chi connectivity index (χ4n) is 7.19. The molecular weight excluding hydrogens is 382 g/mol. The van der Waals surface area contributed by atoms with Gasteiger partial charge in [-0.1, -0.05) is 12.1 Å². The normalized spacial score (nSPS) is 33.1.